The summed E-state index contributed by atoms with van der Waals surface area (Å²) in [7, 11) is 0. The summed E-state index contributed by atoms with van der Waals surface area (Å²) >= 11 is 0. The van der Waals surface area contributed by atoms with Gasteiger partial charge >= 0.3 is 0 Å². The molecular weight excluding hydrogens is 250 g/mol. The zero-order chi connectivity index (χ0) is 13.7. The van der Waals surface area contributed by atoms with Crippen LogP contribution in [0.3, 0.4) is 0 Å². The Hall–Kier alpha value is -2.17. The molecule has 2 rings (SSSR count). The molecule has 0 fully saturated rings. The number of ether oxygens (including phenoxy) is 1. The van der Waals surface area contributed by atoms with Crippen molar-refractivity contribution in [2.24, 2.45) is 0 Å². The van der Waals surface area contributed by atoms with Crippen LogP contribution in [0, 0.1) is 11.6 Å². The Bertz CT molecular complexity index is 561. The minimum absolute atomic E-state index is 0.146. The highest BCUT2D eigenvalue weighted by molar-refractivity contribution is 5.42. The number of halogens is 2. The van der Waals surface area contributed by atoms with Crippen LogP contribution >= 0.6 is 0 Å². The van der Waals surface area contributed by atoms with E-state index in [9.17, 15) is 8.78 Å². The predicted octanol–water partition coefficient (Wildman–Crippen LogP) is 3.97. The molecule has 2 aromatic rings. The Morgan fingerprint density at radius 3 is 2.89 bits per heavy atom. The van der Waals surface area contributed by atoms with Gasteiger partial charge in [-0.15, -0.1) is 0 Å². The van der Waals surface area contributed by atoms with Gasteiger partial charge < -0.3 is 10.1 Å². The van der Waals surface area contributed by atoms with Gasteiger partial charge in [0.05, 0.1) is 0 Å². The van der Waals surface area contributed by atoms with Crippen LogP contribution in [-0.2, 0) is 0 Å². The minimum Gasteiger partial charge on any atom is -0.454 e. The van der Waals surface area contributed by atoms with Crippen LogP contribution < -0.4 is 10.1 Å². The minimum atomic E-state index is -0.998. The van der Waals surface area contributed by atoms with Crippen LogP contribution in [0.5, 0.6) is 11.5 Å². The second-order valence-electron chi connectivity index (χ2n) is 3.96. The number of pyridine rings is 1. The van der Waals surface area contributed by atoms with E-state index in [1.165, 1.54) is 12.1 Å². The Labute approximate surface area is 110 Å². The van der Waals surface area contributed by atoms with Crippen molar-refractivity contribution < 1.29 is 13.5 Å². The molecule has 1 heterocycles. The van der Waals surface area contributed by atoms with E-state index in [1.807, 2.05) is 6.92 Å². The number of hydrogen-bond donors (Lipinski definition) is 1. The number of aromatic nitrogens is 1. The van der Waals surface area contributed by atoms with Crippen LogP contribution in [0.4, 0.5) is 14.6 Å². The first-order valence-electron chi connectivity index (χ1n) is 6.02. The van der Waals surface area contributed by atoms with Crippen molar-refractivity contribution in [2.45, 2.75) is 13.3 Å². The van der Waals surface area contributed by atoms with E-state index >= 15 is 0 Å². The number of benzene rings is 1. The van der Waals surface area contributed by atoms with Crippen LogP contribution in [0.1, 0.15) is 13.3 Å². The molecular formula is C14H14F2N2O. The summed E-state index contributed by atoms with van der Waals surface area (Å²) in [6.07, 6.45) is 2.51. The maximum atomic E-state index is 13.5. The Balaban J connectivity index is 2.16. The molecule has 0 spiro atoms. The molecule has 0 bridgehead atoms. The van der Waals surface area contributed by atoms with E-state index in [0.717, 1.165) is 19.0 Å². The highest BCUT2D eigenvalue weighted by Crippen LogP contribution is 2.26. The van der Waals surface area contributed by atoms with Gasteiger partial charge in [0.1, 0.15) is 11.6 Å². The Kier molecular flexibility index (Phi) is 4.28. The van der Waals surface area contributed by atoms with Crippen molar-refractivity contribution in [3.63, 3.8) is 0 Å². The smallest absolute Gasteiger partial charge is 0.201 e. The first kappa shape index (κ1) is 13.3. The maximum Gasteiger partial charge on any atom is 0.201 e. The van der Waals surface area contributed by atoms with E-state index in [0.29, 0.717) is 11.6 Å². The Morgan fingerprint density at radius 2 is 2.11 bits per heavy atom. The lowest BCUT2D eigenvalue weighted by molar-refractivity contribution is 0.416. The van der Waals surface area contributed by atoms with E-state index in [2.05, 4.69) is 10.3 Å². The van der Waals surface area contributed by atoms with Gasteiger partial charge in [-0.3, -0.25) is 0 Å². The van der Waals surface area contributed by atoms with E-state index in [4.69, 9.17) is 4.74 Å². The first-order chi connectivity index (χ1) is 9.20. The third-order valence-corrected chi connectivity index (χ3v) is 2.43. The molecule has 1 aromatic carbocycles. The number of hydrogen-bond acceptors (Lipinski definition) is 3. The summed E-state index contributed by atoms with van der Waals surface area (Å²) in [6, 6.07) is 7.04. The summed E-state index contributed by atoms with van der Waals surface area (Å²) in [5.41, 5.74) is 0. The quantitative estimate of drug-likeness (QED) is 0.887. The molecule has 0 saturated carbocycles. The highest BCUT2D eigenvalue weighted by Gasteiger charge is 2.09. The van der Waals surface area contributed by atoms with Crippen molar-refractivity contribution in [3.05, 3.63) is 48.2 Å². The normalized spacial score (nSPS) is 10.3. The molecule has 0 radical (unpaired) electrons. The highest BCUT2D eigenvalue weighted by atomic mass is 19.2. The zero-order valence-electron chi connectivity index (χ0n) is 10.5. The number of nitrogens with zero attached hydrogens (tertiary/aromatic N) is 1. The molecule has 0 amide bonds. The molecule has 0 aliphatic carbocycles. The van der Waals surface area contributed by atoms with Gasteiger partial charge in [0.15, 0.2) is 11.6 Å². The summed E-state index contributed by atoms with van der Waals surface area (Å²) in [6.45, 7) is 2.82. The third kappa shape index (κ3) is 3.40. The van der Waals surface area contributed by atoms with Crippen molar-refractivity contribution in [2.75, 3.05) is 11.9 Å². The van der Waals surface area contributed by atoms with E-state index in [1.54, 1.807) is 18.3 Å². The van der Waals surface area contributed by atoms with Crippen molar-refractivity contribution in [3.8, 4) is 11.5 Å². The second kappa shape index (κ2) is 6.13. The summed E-state index contributed by atoms with van der Waals surface area (Å²) in [5.74, 6) is -1.04. The molecule has 0 aliphatic rings. The molecule has 0 saturated heterocycles. The summed E-state index contributed by atoms with van der Waals surface area (Å²) < 4.78 is 31.8. The molecule has 0 unspecified atom stereocenters. The first-order valence-corrected chi connectivity index (χ1v) is 6.02. The van der Waals surface area contributed by atoms with E-state index in [-0.39, 0.29) is 5.75 Å². The van der Waals surface area contributed by atoms with Crippen molar-refractivity contribution >= 4 is 5.82 Å². The van der Waals surface area contributed by atoms with Crippen LogP contribution in [-0.4, -0.2) is 11.5 Å². The number of rotatable bonds is 5. The summed E-state index contributed by atoms with van der Waals surface area (Å²) in [5, 5.41) is 3.09. The molecule has 5 heteroatoms. The van der Waals surface area contributed by atoms with Crippen LogP contribution in [0.25, 0.3) is 0 Å². The maximum absolute atomic E-state index is 13.5. The van der Waals surface area contributed by atoms with Gasteiger partial charge in [-0.1, -0.05) is 13.0 Å². The molecule has 1 N–H and O–H groups in total. The standard InChI is InChI=1S/C14H14F2N2O/c1-2-7-17-13-9-10(6-8-18-13)19-12-5-3-4-11(15)14(12)16/h3-6,8-9H,2,7H2,1H3,(H,17,18). The third-order valence-electron chi connectivity index (χ3n) is 2.43. The average Bonchev–Trinajstić information content (AvgIpc) is 2.42. The Morgan fingerprint density at radius 1 is 1.26 bits per heavy atom. The van der Waals surface area contributed by atoms with Gasteiger partial charge in [-0.05, 0) is 24.6 Å². The molecule has 100 valence electrons. The summed E-state index contributed by atoms with van der Waals surface area (Å²) in [4.78, 5) is 4.10. The van der Waals surface area contributed by atoms with Crippen molar-refractivity contribution in [1.29, 1.82) is 0 Å². The van der Waals surface area contributed by atoms with Gasteiger partial charge in [0, 0.05) is 18.8 Å². The van der Waals surface area contributed by atoms with Crippen LogP contribution in [0.15, 0.2) is 36.5 Å². The molecule has 1 aromatic heterocycles. The number of anilines is 1. The number of nitrogens with one attached hydrogen (secondary N) is 1. The fourth-order valence-corrected chi connectivity index (χ4v) is 1.51. The molecule has 0 atom stereocenters. The second-order valence-corrected chi connectivity index (χ2v) is 3.96. The monoisotopic (exact) mass is 264 g/mol. The predicted molar refractivity (Wildman–Crippen MR) is 69.4 cm³/mol. The fourth-order valence-electron chi connectivity index (χ4n) is 1.51. The van der Waals surface area contributed by atoms with Crippen LogP contribution in [0.2, 0.25) is 0 Å². The van der Waals surface area contributed by atoms with Crippen molar-refractivity contribution in [1.82, 2.24) is 4.98 Å². The van der Waals surface area contributed by atoms with Gasteiger partial charge in [-0.25, -0.2) is 9.37 Å². The van der Waals surface area contributed by atoms with E-state index < -0.39 is 11.6 Å². The lowest BCUT2D eigenvalue weighted by Gasteiger charge is -2.09. The average molecular weight is 264 g/mol. The largest absolute Gasteiger partial charge is 0.454 e. The lowest BCUT2D eigenvalue weighted by Crippen LogP contribution is -2.01. The molecule has 3 nitrogen and oxygen atoms in total. The van der Waals surface area contributed by atoms with Gasteiger partial charge in [-0.2, -0.15) is 4.39 Å². The fraction of sp³-hybridized carbons (Fsp3) is 0.214. The molecule has 0 aliphatic heterocycles. The zero-order valence-corrected chi connectivity index (χ0v) is 10.5. The van der Waals surface area contributed by atoms with Gasteiger partial charge in [0.25, 0.3) is 0 Å². The topological polar surface area (TPSA) is 34.1 Å². The lowest BCUT2D eigenvalue weighted by atomic mass is 10.3. The molecule has 19 heavy (non-hydrogen) atoms. The SMILES string of the molecule is CCCNc1cc(Oc2cccc(F)c2F)ccn1. The van der Waals surface area contributed by atoms with Gasteiger partial charge in [0.2, 0.25) is 5.82 Å².